The van der Waals surface area contributed by atoms with Crippen molar-refractivity contribution in [2.75, 3.05) is 7.11 Å². The van der Waals surface area contributed by atoms with Crippen molar-refractivity contribution in [3.8, 4) is 11.5 Å². The largest absolute Gasteiger partial charge is 0.493 e. The molecule has 0 saturated carbocycles. The van der Waals surface area contributed by atoms with E-state index in [4.69, 9.17) is 9.84 Å². The van der Waals surface area contributed by atoms with Gasteiger partial charge in [0.15, 0.2) is 11.5 Å². The third-order valence-corrected chi connectivity index (χ3v) is 2.54. The van der Waals surface area contributed by atoms with Crippen LogP contribution in [0.5, 0.6) is 11.5 Å². The van der Waals surface area contributed by atoms with Crippen molar-refractivity contribution in [2.24, 2.45) is 0 Å². The lowest BCUT2D eigenvalue weighted by molar-refractivity contribution is -0.0512. The topological polar surface area (TPSA) is 69.4 Å². The Morgan fingerprint density at radius 1 is 1.35 bits per heavy atom. The summed E-state index contributed by atoms with van der Waals surface area (Å²) >= 11 is 0. The van der Waals surface area contributed by atoms with E-state index in [1.54, 1.807) is 18.3 Å². The molecule has 0 aliphatic rings. The van der Waals surface area contributed by atoms with Crippen LogP contribution in [0.3, 0.4) is 0 Å². The summed E-state index contributed by atoms with van der Waals surface area (Å²) in [5.74, 6) is 0.186. The van der Waals surface area contributed by atoms with Crippen molar-refractivity contribution in [1.29, 1.82) is 0 Å². The van der Waals surface area contributed by atoms with Gasteiger partial charge >= 0.3 is 6.61 Å². The van der Waals surface area contributed by atoms with Gasteiger partial charge in [0, 0.05) is 0 Å². The number of hydrogen-bond donors (Lipinski definition) is 1. The van der Waals surface area contributed by atoms with Gasteiger partial charge in [-0.25, -0.2) is 4.68 Å². The van der Waals surface area contributed by atoms with Crippen LogP contribution in [0.15, 0.2) is 24.4 Å². The molecule has 0 spiro atoms. The number of alkyl halides is 2. The summed E-state index contributed by atoms with van der Waals surface area (Å²) in [5.41, 5.74) is 1.23. The second-order valence-electron chi connectivity index (χ2n) is 3.93. The molecule has 0 unspecified atom stereocenters. The summed E-state index contributed by atoms with van der Waals surface area (Å²) in [4.78, 5) is 0. The molecule has 0 bridgehead atoms. The van der Waals surface area contributed by atoms with Crippen molar-refractivity contribution in [1.82, 2.24) is 15.0 Å². The van der Waals surface area contributed by atoms with E-state index in [1.165, 1.54) is 17.9 Å². The van der Waals surface area contributed by atoms with Crippen LogP contribution in [0.1, 0.15) is 11.3 Å². The summed E-state index contributed by atoms with van der Waals surface area (Å²) in [6.45, 7) is -2.72. The Kier molecular flexibility index (Phi) is 4.46. The summed E-state index contributed by atoms with van der Waals surface area (Å²) < 4.78 is 35.3. The monoisotopic (exact) mass is 285 g/mol. The molecule has 2 rings (SSSR count). The predicted molar refractivity (Wildman–Crippen MR) is 64.7 cm³/mol. The Hall–Kier alpha value is -2.22. The second-order valence-corrected chi connectivity index (χ2v) is 3.93. The average molecular weight is 285 g/mol. The van der Waals surface area contributed by atoms with E-state index in [-0.39, 0.29) is 18.1 Å². The third-order valence-electron chi connectivity index (χ3n) is 2.54. The zero-order chi connectivity index (χ0) is 14.5. The molecule has 1 aromatic heterocycles. The number of rotatable bonds is 6. The first kappa shape index (κ1) is 14.2. The molecule has 0 saturated heterocycles. The van der Waals surface area contributed by atoms with Crippen LogP contribution >= 0.6 is 0 Å². The second kappa shape index (κ2) is 6.29. The van der Waals surface area contributed by atoms with Crippen molar-refractivity contribution in [3.63, 3.8) is 0 Å². The lowest BCUT2D eigenvalue weighted by Gasteiger charge is -2.11. The van der Waals surface area contributed by atoms with Gasteiger partial charge in [-0.15, -0.1) is 5.10 Å². The van der Waals surface area contributed by atoms with Gasteiger partial charge in [0.05, 0.1) is 26.5 Å². The molecule has 1 N–H and O–H groups in total. The Morgan fingerprint density at radius 2 is 2.15 bits per heavy atom. The molecule has 108 valence electrons. The highest BCUT2D eigenvalue weighted by molar-refractivity contribution is 5.43. The fraction of sp³-hybridized carbons (Fsp3) is 0.333. The zero-order valence-corrected chi connectivity index (χ0v) is 10.7. The van der Waals surface area contributed by atoms with E-state index >= 15 is 0 Å². The molecule has 1 heterocycles. The average Bonchev–Trinajstić information content (AvgIpc) is 2.87. The molecule has 0 aliphatic carbocycles. The van der Waals surface area contributed by atoms with Crippen LogP contribution < -0.4 is 9.47 Å². The summed E-state index contributed by atoms with van der Waals surface area (Å²) in [7, 11) is 1.37. The van der Waals surface area contributed by atoms with E-state index in [9.17, 15) is 8.78 Å². The highest BCUT2D eigenvalue weighted by atomic mass is 19.3. The first-order chi connectivity index (χ1) is 9.62. The lowest BCUT2D eigenvalue weighted by Crippen LogP contribution is -2.05. The first-order valence-corrected chi connectivity index (χ1v) is 5.74. The van der Waals surface area contributed by atoms with Crippen molar-refractivity contribution >= 4 is 0 Å². The van der Waals surface area contributed by atoms with Crippen LogP contribution in [-0.4, -0.2) is 33.8 Å². The van der Waals surface area contributed by atoms with E-state index in [2.05, 4.69) is 15.0 Å². The van der Waals surface area contributed by atoms with Gasteiger partial charge in [-0.3, -0.25) is 0 Å². The third kappa shape index (κ3) is 3.41. The Bertz CT molecular complexity index is 575. The number of benzene rings is 1. The molecule has 0 atom stereocenters. The molecule has 0 fully saturated rings. The molecule has 0 radical (unpaired) electrons. The molecular formula is C12H13F2N3O3. The van der Waals surface area contributed by atoms with E-state index in [0.717, 1.165) is 5.56 Å². The molecular weight excluding hydrogens is 272 g/mol. The van der Waals surface area contributed by atoms with Crippen molar-refractivity contribution < 1.29 is 23.4 Å². The summed E-state index contributed by atoms with van der Waals surface area (Å²) in [5, 5.41) is 16.5. The molecule has 6 nitrogen and oxygen atoms in total. The Morgan fingerprint density at radius 3 is 2.75 bits per heavy atom. The quantitative estimate of drug-likeness (QED) is 0.869. The van der Waals surface area contributed by atoms with Crippen LogP contribution in [0.25, 0.3) is 0 Å². The standard InChI is InChI=1S/C12H13F2N3O3/c1-19-11-4-8(2-3-10(11)20-12(13)14)5-17-6-9(7-18)15-16-17/h2-4,6,12,18H,5,7H2,1H3. The number of hydrogen-bond acceptors (Lipinski definition) is 5. The van der Waals surface area contributed by atoms with Crippen molar-refractivity contribution in [3.05, 3.63) is 35.7 Å². The summed E-state index contributed by atoms with van der Waals surface area (Å²) in [6, 6.07) is 4.61. The number of methoxy groups -OCH3 is 1. The number of nitrogens with zero attached hydrogens (tertiary/aromatic N) is 3. The molecule has 20 heavy (non-hydrogen) atoms. The van der Waals surface area contributed by atoms with Crippen LogP contribution in [0.2, 0.25) is 0 Å². The predicted octanol–water partition coefficient (Wildman–Crippen LogP) is 1.43. The smallest absolute Gasteiger partial charge is 0.387 e. The highest BCUT2D eigenvalue weighted by Crippen LogP contribution is 2.29. The van der Waals surface area contributed by atoms with Gasteiger partial charge < -0.3 is 14.6 Å². The highest BCUT2D eigenvalue weighted by Gasteiger charge is 2.11. The molecule has 0 aliphatic heterocycles. The van der Waals surface area contributed by atoms with E-state index < -0.39 is 6.61 Å². The van der Waals surface area contributed by atoms with Gasteiger partial charge in [0.1, 0.15) is 5.69 Å². The molecule has 0 amide bonds. The number of aromatic nitrogens is 3. The van der Waals surface area contributed by atoms with Crippen LogP contribution in [0.4, 0.5) is 8.78 Å². The fourth-order valence-corrected chi connectivity index (χ4v) is 1.68. The maximum absolute atomic E-state index is 12.2. The van der Waals surface area contributed by atoms with E-state index in [1.807, 2.05) is 0 Å². The van der Waals surface area contributed by atoms with Gasteiger partial charge in [0.25, 0.3) is 0 Å². The Balaban J connectivity index is 2.16. The number of aliphatic hydroxyl groups is 1. The minimum Gasteiger partial charge on any atom is -0.493 e. The minimum atomic E-state index is -2.91. The molecule has 2 aromatic rings. The lowest BCUT2D eigenvalue weighted by atomic mass is 10.2. The maximum Gasteiger partial charge on any atom is 0.387 e. The minimum absolute atomic E-state index is 0.0270. The van der Waals surface area contributed by atoms with Crippen LogP contribution in [0, 0.1) is 0 Å². The number of halogens is 2. The number of ether oxygens (including phenoxy) is 2. The van der Waals surface area contributed by atoms with Gasteiger partial charge in [0.2, 0.25) is 0 Å². The van der Waals surface area contributed by atoms with Gasteiger partial charge in [-0.2, -0.15) is 8.78 Å². The fourth-order valence-electron chi connectivity index (χ4n) is 1.68. The maximum atomic E-state index is 12.2. The molecule has 8 heteroatoms. The van der Waals surface area contributed by atoms with Crippen LogP contribution in [-0.2, 0) is 13.2 Å². The zero-order valence-electron chi connectivity index (χ0n) is 10.7. The first-order valence-electron chi connectivity index (χ1n) is 5.74. The normalized spacial score (nSPS) is 10.8. The van der Waals surface area contributed by atoms with Crippen molar-refractivity contribution in [2.45, 2.75) is 19.8 Å². The van der Waals surface area contributed by atoms with Gasteiger partial charge in [-0.05, 0) is 17.7 Å². The van der Waals surface area contributed by atoms with E-state index in [0.29, 0.717) is 12.2 Å². The molecule has 1 aromatic carbocycles. The van der Waals surface area contributed by atoms with Gasteiger partial charge in [-0.1, -0.05) is 11.3 Å². The Labute approximate surface area is 113 Å². The number of aliphatic hydroxyl groups excluding tert-OH is 1. The SMILES string of the molecule is COc1cc(Cn2cc(CO)nn2)ccc1OC(F)F. The summed E-state index contributed by atoms with van der Waals surface area (Å²) in [6.07, 6.45) is 1.59.